The number of aromatic hydroxyl groups is 1. The molecule has 0 amide bonds. The van der Waals surface area contributed by atoms with Crippen LogP contribution in [0.2, 0.25) is 0 Å². The first-order chi connectivity index (χ1) is 11.2. The number of hydrogen-bond donors (Lipinski definition) is 2. The molecule has 0 radical (unpaired) electrons. The van der Waals surface area contributed by atoms with Gasteiger partial charge in [-0.1, -0.05) is 6.07 Å². The maximum atomic E-state index is 12.1. The van der Waals surface area contributed by atoms with Gasteiger partial charge < -0.3 is 19.7 Å². The molecule has 5 heteroatoms. The molecular formula is C18H20N2O3. The number of ether oxygens (including phenoxy) is 1. The number of nitrogens with one attached hydrogen (secondary N) is 1. The number of nitrogens with zero attached hydrogens (tertiary/aromatic N) is 1. The SMILES string of the molecule is CCOc1cc(-c2cc(=O)[nH]c3c2N2CCC3CC2)ccc1O. The summed E-state index contributed by atoms with van der Waals surface area (Å²) < 4.78 is 5.49. The molecule has 0 saturated carbocycles. The number of anilines is 1. The van der Waals surface area contributed by atoms with E-state index in [4.69, 9.17) is 4.74 Å². The van der Waals surface area contributed by atoms with E-state index in [1.165, 1.54) is 0 Å². The number of piperidine rings is 1. The summed E-state index contributed by atoms with van der Waals surface area (Å²) in [5, 5.41) is 9.91. The van der Waals surface area contributed by atoms with E-state index in [1.807, 2.05) is 19.1 Å². The van der Waals surface area contributed by atoms with Crippen molar-refractivity contribution in [2.75, 3.05) is 24.6 Å². The molecule has 3 aliphatic rings. The standard InChI is InChI=1S/C18H20N2O3/c1-2-23-15-9-12(3-4-14(15)21)13-10-16(22)19-17-11-5-7-20(8-6-11)18(13)17/h3-4,9-11,21H,2,5-8H2,1H3,(H,19,22). The number of H-pyrrole nitrogens is 1. The Morgan fingerprint density at radius 2 is 2.09 bits per heavy atom. The summed E-state index contributed by atoms with van der Waals surface area (Å²) >= 11 is 0. The number of benzene rings is 1. The van der Waals surface area contributed by atoms with Crippen molar-refractivity contribution in [3.05, 3.63) is 40.3 Å². The largest absolute Gasteiger partial charge is 0.504 e. The fourth-order valence-corrected chi connectivity index (χ4v) is 3.77. The summed E-state index contributed by atoms with van der Waals surface area (Å²) in [7, 11) is 0. The summed E-state index contributed by atoms with van der Waals surface area (Å²) in [6.45, 7) is 4.44. The second-order valence-corrected chi connectivity index (χ2v) is 6.19. The van der Waals surface area contributed by atoms with E-state index in [1.54, 1.807) is 12.1 Å². The first-order valence-corrected chi connectivity index (χ1v) is 8.15. The number of aromatic amines is 1. The molecule has 0 atom stereocenters. The van der Waals surface area contributed by atoms with Crippen LogP contribution >= 0.6 is 0 Å². The topological polar surface area (TPSA) is 65.6 Å². The predicted molar refractivity (Wildman–Crippen MR) is 89.5 cm³/mol. The van der Waals surface area contributed by atoms with Crippen LogP contribution in [-0.2, 0) is 0 Å². The maximum Gasteiger partial charge on any atom is 0.248 e. The maximum absolute atomic E-state index is 12.1. The Bertz CT molecular complexity index is 804. The Kier molecular flexibility index (Phi) is 3.29. The molecule has 23 heavy (non-hydrogen) atoms. The van der Waals surface area contributed by atoms with Crippen LogP contribution in [0, 0.1) is 0 Å². The number of hydrogen-bond acceptors (Lipinski definition) is 4. The van der Waals surface area contributed by atoms with Crippen LogP contribution in [-0.4, -0.2) is 29.8 Å². The number of pyridine rings is 1. The van der Waals surface area contributed by atoms with Crippen LogP contribution in [0.3, 0.4) is 0 Å². The van der Waals surface area contributed by atoms with Crippen molar-refractivity contribution in [1.29, 1.82) is 0 Å². The van der Waals surface area contributed by atoms with E-state index in [-0.39, 0.29) is 11.3 Å². The van der Waals surface area contributed by atoms with Crippen molar-refractivity contribution < 1.29 is 9.84 Å². The van der Waals surface area contributed by atoms with E-state index in [9.17, 15) is 9.90 Å². The number of aromatic nitrogens is 1. The Balaban J connectivity index is 1.90. The molecule has 1 fully saturated rings. The lowest BCUT2D eigenvalue weighted by Gasteiger charge is -2.42. The molecule has 5 rings (SSSR count). The highest BCUT2D eigenvalue weighted by Gasteiger charge is 2.33. The summed E-state index contributed by atoms with van der Waals surface area (Å²) in [4.78, 5) is 17.5. The molecule has 5 nitrogen and oxygen atoms in total. The van der Waals surface area contributed by atoms with E-state index in [2.05, 4.69) is 9.88 Å². The third-order valence-corrected chi connectivity index (χ3v) is 4.83. The third-order valence-electron chi connectivity index (χ3n) is 4.83. The minimum Gasteiger partial charge on any atom is -0.504 e. The zero-order chi connectivity index (χ0) is 16.0. The third kappa shape index (κ3) is 2.27. The Labute approximate surface area is 134 Å². The minimum atomic E-state index is -0.0708. The Morgan fingerprint density at radius 1 is 1.30 bits per heavy atom. The molecule has 0 aliphatic carbocycles. The second kappa shape index (κ2) is 5.33. The summed E-state index contributed by atoms with van der Waals surface area (Å²) in [5.74, 6) is 1.03. The van der Waals surface area contributed by atoms with Gasteiger partial charge in [-0.05, 0) is 37.5 Å². The van der Waals surface area contributed by atoms with Gasteiger partial charge in [-0.15, -0.1) is 0 Å². The number of fused-ring (bicyclic) bond motifs is 2. The molecule has 1 saturated heterocycles. The molecule has 120 valence electrons. The monoisotopic (exact) mass is 312 g/mol. The highest BCUT2D eigenvalue weighted by atomic mass is 16.5. The van der Waals surface area contributed by atoms with Crippen molar-refractivity contribution in [2.45, 2.75) is 25.7 Å². The number of rotatable bonds is 3. The number of phenols is 1. The molecule has 3 aliphatic heterocycles. The van der Waals surface area contributed by atoms with Crippen molar-refractivity contribution in [3.63, 3.8) is 0 Å². The zero-order valence-corrected chi connectivity index (χ0v) is 13.1. The van der Waals surface area contributed by atoms with Gasteiger partial charge in [0.1, 0.15) is 0 Å². The molecule has 2 bridgehead atoms. The smallest absolute Gasteiger partial charge is 0.248 e. The summed E-state index contributed by atoms with van der Waals surface area (Å²) in [6.07, 6.45) is 2.21. The second-order valence-electron chi connectivity index (χ2n) is 6.19. The van der Waals surface area contributed by atoms with Gasteiger partial charge >= 0.3 is 0 Å². The fourth-order valence-electron chi connectivity index (χ4n) is 3.77. The lowest BCUT2D eigenvalue weighted by atomic mass is 9.84. The molecule has 2 aromatic rings. The Morgan fingerprint density at radius 3 is 2.83 bits per heavy atom. The average Bonchev–Trinajstić information content (AvgIpc) is 2.57. The van der Waals surface area contributed by atoms with Gasteiger partial charge in [0.2, 0.25) is 5.56 Å². The highest BCUT2D eigenvalue weighted by molar-refractivity contribution is 5.82. The quantitative estimate of drug-likeness (QED) is 0.914. The van der Waals surface area contributed by atoms with Crippen LogP contribution in [0.25, 0.3) is 11.1 Å². The molecular weight excluding hydrogens is 292 g/mol. The van der Waals surface area contributed by atoms with Gasteiger partial charge in [0, 0.05) is 36.3 Å². The fraction of sp³-hybridized carbons (Fsp3) is 0.389. The van der Waals surface area contributed by atoms with Gasteiger partial charge in [-0.3, -0.25) is 4.79 Å². The summed E-state index contributed by atoms with van der Waals surface area (Å²) in [5.41, 5.74) is 3.96. The van der Waals surface area contributed by atoms with E-state index in [0.717, 1.165) is 48.4 Å². The Hall–Kier alpha value is -2.43. The molecule has 2 N–H and O–H groups in total. The first-order valence-electron chi connectivity index (χ1n) is 8.15. The lowest BCUT2D eigenvalue weighted by molar-refractivity contribution is 0.318. The summed E-state index contributed by atoms with van der Waals surface area (Å²) in [6, 6.07) is 6.94. The average molecular weight is 312 g/mol. The van der Waals surface area contributed by atoms with Crippen LogP contribution < -0.4 is 15.2 Å². The van der Waals surface area contributed by atoms with Crippen molar-refractivity contribution >= 4 is 5.69 Å². The molecule has 0 spiro atoms. The zero-order valence-electron chi connectivity index (χ0n) is 13.1. The normalized spacial score (nSPS) is 16.5. The molecule has 1 aromatic carbocycles. The predicted octanol–water partition coefficient (Wildman–Crippen LogP) is 2.84. The van der Waals surface area contributed by atoms with Crippen LogP contribution in [0.4, 0.5) is 5.69 Å². The van der Waals surface area contributed by atoms with Crippen LogP contribution in [0.1, 0.15) is 31.4 Å². The van der Waals surface area contributed by atoms with Gasteiger partial charge in [0.05, 0.1) is 12.3 Å². The van der Waals surface area contributed by atoms with Gasteiger partial charge in [0.25, 0.3) is 0 Å². The molecule has 0 unspecified atom stereocenters. The molecule has 1 aromatic heterocycles. The minimum absolute atomic E-state index is 0.0708. The van der Waals surface area contributed by atoms with Crippen molar-refractivity contribution in [1.82, 2.24) is 4.98 Å². The van der Waals surface area contributed by atoms with Crippen molar-refractivity contribution in [2.24, 2.45) is 0 Å². The lowest BCUT2D eigenvalue weighted by Crippen LogP contribution is -2.40. The number of phenolic OH excluding ortho intramolecular Hbond substituents is 1. The van der Waals surface area contributed by atoms with Crippen molar-refractivity contribution in [3.8, 4) is 22.6 Å². The molecule has 4 heterocycles. The van der Waals surface area contributed by atoms with E-state index in [0.29, 0.717) is 18.3 Å². The van der Waals surface area contributed by atoms with E-state index >= 15 is 0 Å². The van der Waals surface area contributed by atoms with Gasteiger partial charge in [-0.2, -0.15) is 0 Å². The van der Waals surface area contributed by atoms with Gasteiger partial charge in [-0.25, -0.2) is 0 Å². The highest BCUT2D eigenvalue weighted by Crippen LogP contribution is 2.46. The first kappa shape index (κ1) is 14.2. The van der Waals surface area contributed by atoms with E-state index < -0.39 is 0 Å². The van der Waals surface area contributed by atoms with Gasteiger partial charge in [0.15, 0.2) is 11.5 Å². The van der Waals surface area contributed by atoms with Crippen LogP contribution in [0.15, 0.2) is 29.1 Å². The van der Waals surface area contributed by atoms with Crippen LogP contribution in [0.5, 0.6) is 11.5 Å².